The number of amides is 2. The molecule has 1 aromatic carbocycles. The van der Waals surface area contributed by atoms with Crippen LogP contribution in [0.3, 0.4) is 0 Å². The van der Waals surface area contributed by atoms with Crippen LogP contribution in [0.5, 0.6) is 0 Å². The average molecular weight is 290 g/mol. The number of rotatable bonds is 6. The highest BCUT2D eigenvalue weighted by atomic mass is 16.5. The minimum atomic E-state index is -0.579. The lowest BCUT2D eigenvalue weighted by Gasteiger charge is -2.10. The highest BCUT2D eigenvalue weighted by molar-refractivity contribution is 6.35. The molecule has 0 bridgehead atoms. The second-order valence-electron chi connectivity index (χ2n) is 5.19. The van der Waals surface area contributed by atoms with Crippen LogP contribution in [0.2, 0.25) is 0 Å². The molecule has 0 aromatic heterocycles. The van der Waals surface area contributed by atoms with Gasteiger partial charge in [-0.2, -0.15) is 0 Å². The quantitative estimate of drug-likeness (QED) is 0.607. The van der Waals surface area contributed by atoms with Crippen molar-refractivity contribution < 1.29 is 14.3 Å². The molecule has 1 atom stereocenters. The predicted molar refractivity (Wildman–Crippen MR) is 79.8 cm³/mol. The SMILES string of the molecule is O=C(NCCCc1ccccc1)C(=O)NCC1CCCO1. The number of hydrogen-bond donors (Lipinski definition) is 2. The third kappa shape index (κ3) is 5.55. The summed E-state index contributed by atoms with van der Waals surface area (Å²) in [5.41, 5.74) is 1.23. The van der Waals surface area contributed by atoms with Crippen molar-refractivity contribution in [3.05, 3.63) is 35.9 Å². The lowest BCUT2D eigenvalue weighted by molar-refractivity contribution is -0.139. The van der Waals surface area contributed by atoms with Gasteiger partial charge in [0.2, 0.25) is 0 Å². The van der Waals surface area contributed by atoms with Crippen LogP contribution in [0.4, 0.5) is 0 Å². The van der Waals surface area contributed by atoms with Crippen LogP contribution in [0, 0.1) is 0 Å². The Bertz CT molecular complexity index is 456. The summed E-state index contributed by atoms with van der Waals surface area (Å²) in [7, 11) is 0. The molecule has 1 aliphatic heterocycles. The Kier molecular flexibility index (Phi) is 6.22. The zero-order valence-electron chi connectivity index (χ0n) is 12.1. The summed E-state index contributed by atoms with van der Waals surface area (Å²) in [6.07, 6.45) is 3.72. The molecule has 0 spiro atoms. The zero-order valence-corrected chi connectivity index (χ0v) is 12.1. The fourth-order valence-corrected chi connectivity index (χ4v) is 2.31. The Morgan fingerprint density at radius 1 is 1.14 bits per heavy atom. The highest BCUT2D eigenvalue weighted by Gasteiger charge is 2.18. The van der Waals surface area contributed by atoms with E-state index in [2.05, 4.69) is 22.8 Å². The standard InChI is InChI=1S/C16H22N2O3/c19-15(16(20)18-12-14-9-5-11-21-14)17-10-4-8-13-6-2-1-3-7-13/h1-3,6-7,14H,4-5,8-12H2,(H,17,19)(H,18,20). The summed E-state index contributed by atoms with van der Waals surface area (Å²) >= 11 is 0. The van der Waals surface area contributed by atoms with E-state index in [9.17, 15) is 9.59 Å². The number of aryl methyl sites for hydroxylation is 1. The van der Waals surface area contributed by atoms with Crippen molar-refractivity contribution >= 4 is 11.8 Å². The summed E-state index contributed by atoms with van der Waals surface area (Å²) in [5.74, 6) is -1.15. The molecule has 21 heavy (non-hydrogen) atoms. The van der Waals surface area contributed by atoms with Crippen LogP contribution >= 0.6 is 0 Å². The Labute approximate surface area is 125 Å². The molecule has 2 N–H and O–H groups in total. The normalized spacial score (nSPS) is 17.4. The molecule has 1 saturated heterocycles. The Morgan fingerprint density at radius 3 is 2.62 bits per heavy atom. The van der Waals surface area contributed by atoms with Gasteiger partial charge in [0.15, 0.2) is 0 Å². The minimum Gasteiger partial charge on any atom is -0.376 e. The monoisotopic (exact) mass is 290 g/mol. The lowest BCUT2D eigenvalue weighted by atomic mass is 10.1. The fourth-order valence-electron chi connectivity index (χ4n) is 2.31. The van der Waals surface area contributed by atoms with Crippen LogP contribution in [-0.2, 0) is 20.7 Å². The van der Waals surface area contributed by atoms with Crippen LogP contribution in [-0.4, -0.2) is 37.6 Å². The number of carbonyl (C=O) groups excluding carboxylic acids is 2. The lowest BCUT2D eigenvalue weighted by Crippen LogP contribution is -2.42. The first-order chi connectivity index (χ1) is 10.3. The molecule has 5 heteroatoms. The number of hydrogen-bond acceptors (Lipinski definition) is 3. The summed E-state index contributed by atoms with van der Waals surface area (Å²) in [4.78, 5) is 23.2. The van der Waals surface area contributed by atoms with Gasteiger partial charge in [0, 0.05) is 19.7 Å². The molecule has 5 nitrogen and oxygen atoms in total. The molecule has 0 saturated carbocycles. The van der Waals surface area contributed by atoms with Gasteiger partial charge in [-0.15, -0.1) is 0 Å². The average Bonchev–Trinajstić information content (AvgIpc) is 3.03. The van der Waals surface area contributed by atoms with Gasteiger partial charge >= 0.3 is 11.8 Å². The Morgan fingerprint density at radius 2 is 1.90 bits per heavy atom. The van der Waals surface area contributed by atoms with Crippen LogP contribution < -0.4 is 10.6 Å². The third-order valence-corrected chi connectivity index (χ3v) is 3.49. The Hall–Kier alpha value is -1.88. The predicted octanol–water partition coefficient (Wildman–Crippen LogP) is 1.03. The molecule has 1 aromatic rings. The van der Waals surface area contributed by atoms with E-state index < -0.39 is 11.8 Å². The number of carbonyl (C=O) groups is 2. The van der Waals surface area contributed by atoms with Crippen molar-refractivity contribution in [2.24, 2.45) is 0 Å². The smallest absolute Gasteiger partial charge is 0.309 e. The van der Waals surface area contributed by atoms with E-state index >= 15 is 0 Å². The molecular weight excluding hydrogens is 268 g/mol. The molecule has 2 rings (SSSR count). The van der Waals surface area contributed by atoms with Crippen LogP contribution in [0.25, 0.3) is 0 Å². The van der Waals surface area contributed by atoms with Gasteiger partial charge in [0.25, 0.3) is 0 Å². The molecule has 0 aliphatic carbocycles. The van der Waals surface area contributed by atoms with Gasteiger partial charge in [-0.25, -0.2) is 0 Å². The second kappa shape index (κ2) is 8.42. The number of ether oxygens (including phenoxy) is 1. The molecular formula is C16H22N2O3. The van der Waals surface area contributed by atoms with E-state index in [1.807, 2.05) is 18.2 Å². The molecule has 1 heterocycles. The van der Waals surface area contributed by atoms with E-state index in [1.54, 1.807) is 0 Å². The maximum Gasteiger partial charge on any atom is 0.309 e. The van der Waals surface area contributed by atoms with Crippen LogP contribution in [0.1, 0.15) is 24.8 Å². The van der Waals surface area contributed by atoms with Crippen molar-refractivity contribution in [2.75, 3.05) is 19.7 Å². The first-order valence-corrected chi connectivity index (χ1v) is 7.47. The van der Waals surface area contributed by atoms with E-state index in [0.717, 1.165) is 32.3 Å². The summed E-state index contributed by atoms with van der Waals surface area (Å²) in [6.45, 7) is 1.66. The first-order valence-electron chi connectivity index (χ1n) is 7.47. The fraction of sp³-hybridized carbons (Fsp3) is 0.500. The van der Waals surface area contributed by atoms with E-state index in [4.69, 9.17) is 4.74 Å². The summed E-state index contributed by atoms with van der Waals surface area (Å²) in [5, 5.41) is 5.24. The van der Waals surface area contributed by atoms with Crippen molar-refractivity contribution in [2.45, 2.75) is 31.8 Å². The van der Waals surface area contributed by atoms with Gasteiger partial charge in [0.1, 0.15) is 0 Å². The zero-order chi connectivity index (χ0) is 14.9. The van der Waals surface area contributed by atoms with Crippen molar-refractivity contribution in [3.63, 3.8) is 0 Å². The summed E-state index contributed by atoms with van der Waals surface area (Å²) in [6, 6.07) is 10.1. The van der Waals surface area contributed by atoms with Gasteiger partial charge in [-0.3, -0.25) is 9.59 Å². The van der Waals surface area contributed by atoms with E-state index in [0.29, 0.717) is 13.1 Å². The third-order valence-electron chi connectivity index (χ3n) is 3.49. The van der Waals surface area contributed by atoms with Crippen molar-refractivity contribution in [3.8, 4) is 0 Å². The van der Waals surface area contributed by atoms with E-state index in [-0.39, 0.29) is 6.10 Å². The number of nitrogens with one attached hydrogen (secondary N) is 2. The van der Waals surface area contributed by atoms with Crippen molar-refractivity contribution in [1.29, 1.82) is 0 Å². The summed E-state index contributed by atoms with van der Waals surface area (Å²) < 4.78 is 5.38. The maximum atomic E-state index is 11.6. The minimum absolute atomic E-state index is 0.0554. The molecule has 114 valence electrons. The molecule has 1 aliphatic rings. The van der Waals surface area contributed by atoms with Gasteiger partial charge in [-0.1, -0.05) is 30.3 Å². The van der Waals surface area contributed by atoms with Crippen LogP contribution in [0.15, 0.2) is 30.3 Å². The maximum absolute atomic E-state index is 11.6. The largest absolute Gasteiger partial charge is 0.376 e. The first kappa shape index (κ1) is 15.5. The van der Waals surface area contributed by atoms with E-state index in [1.165, 1.54) is 5.56 Å². The number of benzene rings is 1. The van der Waals surface area contributed by atoms with Gasteiger partial charge in [0.05, 0.1) is 6.10 Å². The second-order valence-corrected chi connectivity index (χ2v) is 5.19. The van der Waals surface area contributed by atoms with Gasteiger partial charge < -0.3 is 15.4 Å². The molecule has 1 fully saturated rings. The molecule has 2 amide bonds. The molecule has 1 unspecified atom stereocenters. The van der Waals surface area contributed by atoms with Gasteiger partial charge in [-0.05, 0) is 31.2 Å². The molecule has 0 radical (unpaired) electrons. The van der Waals surface area contributed by atoms with Crippen molar-refractivity contribution in [1.82, 2.24) is 10.6 Å². The Balaban J connectivity index is 1.56. The topological polar surface area (TPSA) is 67.4 Å². The highest BCUT2D eigenvalue weighted by Crippen LogP contribution is 2.10.